The number of rotatable bonds is 6. The molecule has 0 aromatic heterocycles. The van der Waals surface area contributed by atoms with Gasteiger partial charge in [0.25, 0.3) is 0 Å². The molecule has 1 rings (SSSR count). The smallest absolute Gasteiger partial charge is 0.163 e. The summed E-state index contributed by atoms with van der Waals surface area (Å²) in [5.74, 6) is 3.52. The number of halogens is 2. The Morgan fingerprint density at radius 2 is 2.19 bits per heavy atom. The Labute approximate surface area is 93.6 Å². The van der Waals surface area contributed by atoms with Crippen molar-refractivity contribution in [2.45, 2.75) is 19.4 Å². The fourth-order valence-electron chi connectivity index (χ4n) is 1.36. The van der Waals surface area contributed by atoms with Crippen LogP contribution in [-0.4, -0.2) is 13.2 Å². The Balaban J connectivity index is 2.74. The summed E-state index contributed by atoms with van der Waals surface area (Å²) < 4.78 is 31.7. The largest absolute Gasteiger partial charge is 0.379 e. The monoisotopic (exact) mass is 230 g/mol. The fourth-order valence-corrected chi connectivity index (χ4v) is 1.36. The van der Waals surface area contributed by atoms with Crippen LogP contribution < -0.4 is 11.3 Å². The molecule has 0 saturated carbocycles. The van der Waals surface area contributed by atoms with Crippen molar-refractivity contribution in [2.24, 2.45) is 5.84 Å². The summed E-state index contributed by atoms with van der Waals surface area (Å²) in [6.07, 6.45) is 0.864. The third-order valence-electron chi connectivity index (χ3n) is 2.19. The number of ether oxygens (including phenoxy) is 1. The van der Waals surface area contributed by atoms with Crippen LogP contribution in [0.2, 0.25) is 0 Å². The van der Waals surface area contributed by atoms with Crippen molar-refractivity contribution in [3.63, 3.8) is 0 Å². The molecule has 0 spiro atoms. The Kier molecular flexibility index (Phi) is 5.31. The third kappa shape index (κ3) is 3.23. The van der Waals surface area contributed by atoms with E-state index in [0.717, 1.165) is 12.5 Å². The minimum atomic E-state index is -0.884. The van der Waals surface area contributed by atoms with E-state index in [4.69, 9.17) is 10.6 Å². The lowest BCUT2D eigenvalue weighted by Gasteiger charge is -2.17. The van der Waals surface area contributed by atoms with E-state index in [1.54, 1.807) is 0 Å². The van der Waals surface area contributed by atoms with E-state index in [2.05, 4.69) is 5.43 Å². The van der Waals surface area contributed by atoms with Crippen LogP contribution >= 0.6 is 0 Å². The summed E-state index contributed by atoms with van der Waals surface area (Å²) in [5.41, 5.74) is 2.59. The quantitative estimate of drug-likeness (QED) is 0.446. The summed E-state index contributed by atoms with van der Waals surface area (Å²) in [6, 6.07) is 3.46. The average molecular weight is 230 g/mol. The third-order valence-corrected chi connectivity index (χ3v) is 2.19. The number of benzene rings is 1. The molecule has 0 aliphatic carbocycles. The van der Waals surface area contributed by atoms with Crippen LogP contribution in [0.15, 0.2) is 18.2 Å². The molecule has 1 unspecified atom stereocenters. The van der Waals surface area contributed by atoms with Crippen LogP contribution in [0.5, 0.6) is 0 Å². The van der Waals surface area contributed by atoms with Crippen LogP contribution in [0, 0.1) is 11.6 Å². The van der Waals surface area contributed by atoms with Gasteiger partial charge in [-0.2, -0.15) is 0 Å². The van der Waals surface area contributed by atoms with Gasteiger partial charge in [-0.05, 0) is 12.5 Å². The first kappa shape index (κ1) is 13.0. The topological polar surface area (TPSA) is 47.3 Å². The molecule has 1 atom stereocenters. The first-order chi connectivity index (χ1) is 7.70. The van der Waals surface area contributed by atoms with Crippen LogP contribution in [0.3, 0.4) is 0 Å². The molecule has 3 N–H and O–H groups in total. The van der Waals surface area contributed by atoms with Crippen molar-refractivity contribution in [2.75, 3.05) is 13.2 Å². The minimum Gasteiger partial charge on any atom is -0.379 e. The Morgan fingerprint density at radius 3 is 2.81 bits per heavy atom. The van der Waals surface area contributed by atoms with Crippen molar-refractivity contribution in [1.82, 2.24) is 5.43 Å². The molecule has 5 heteroatoms. The molecule has 1 aromatic rings. The van der Waals surface area contributed by atoms with Gasteiger partial charge in [-0.1, -0.05) is 19.1 Å². The van der Waals surface area contributed by atoms with Crippen molar-refractivity contribution in [1.29, 1.82) is 0 Å². The van der Waals surface area contributed by atoms with E-state index in [9.17, 15) is 8.78 Å². The molecule has 0 aliphatic rings. The van der Waals surface area contributed by atoms with Gasteiger partial charge in [0, 0.05) is 12.2 Å². The lowest BCUT2D eigenvalue weighted by Crippen LogP contribution is -2.32. The molecule has 16 heavy (non-hydrogen) atoms. The zero-order valence-corrected chi connectivity index (χ0v) is 9.17. The van der Waals surface area contributed by atoms with Crippen LogP contribution in [0.1, 0.15) is 24.9 Å². The molecule has 0 bridgehead atoms. The molecular weight excluding hydrogens is 214 g/mol. The maximum atomic E-state index is 13.4. The highest BCUT2D eigenvalue weighted by Crippen LogP contribution is 2.19. The normalized spacial score (nSPS) is 12.8. The van der Waals surface area contributed by atoms with E-state index in [1.165, 1.54) is 12.1 Å². The Bertz CT molecular complexity index is 334. The predicted molar refractivity (Wildman–Crippen MR) is 57.5 cm³/mol. The summed E-state index contributed by atoms with van der Waals surface area (Å²) in [5, 5.41) is 0. The molecule has 0 fully saturated rings. The van der Waals surface area contributed by atoms with Crippen LogP contribution in [0.25, 0.3) is 0 Å². The fraction of sp³-hybridized carbons (Fsp3) is 0.455. The van der Waals surface area contributed by atoms with E-state index < -0.39 is 17.7 Å². The number of hydrogen-bond acceptors (Lipinski definition) is 3. The molecule has 0 amide bonds. The van der Waals surface area contributed by atoms with Crippen molar-refractivity contribution in [3.8, 4) is 0 Å². The van der Waals surface area contributed by atoms with Crippen LogP contribution in [0.4, 0.5) is 8.78 Å². The molecule has 0 heterocycles. The highest BCUT2D eigenvalue weighted by Gasteiger charge is 2.16. The van der Waals surface area contributed by atoms with Crippen molar-refractivity contribution in [3.05, 3.63) is 35.4 Å². The van der Waals surface area contributed by atoms with Crippen molar-refractivity contribution < 1.29 is 13.5 Å². The minimum absolute atomic E-state index is 0.179. The summed E-state index contributed by atoms with van der Waals surface area (Å²) in [4.78, 5) is 0. The first-order valence-corrected chi connectivity index (χ1v) is 5.18. The van der Waals surface area contributed by atoms with E-state index in [0.29, 0.717) is 6.61 Å². The van der Waals surface area contributed by atoms with E-state index >= 15 is 0 Å². The first-order valence-electron chi connectivity index (χ1n) is 5.18. The lowest BCUT2D eigenvalue weighted by atomic mass is 10.1. The van der Waals surface area contributed by atoms with Gasteiger partial charge in [0.1, 0.15) is 0 Å². The highest BCUT2D eigenvalue weighted by molar-refractivity contribution is 5.22. The molecular formula is C11H16F2N2O. The van der Waals surface area contributed by atoms with Crippen LogP contribution in [-0.2, 0) is 4.74 Å². The van der Waals surface area contributed by atoms with E-state index in [-0.39, 0.29) is 12.2 Å². The standard InChI is InChI=1S/C11H16F2N2O/c1-2-6-16-7-10(15-14)8-4-3-5-9(12)11(8)13/h3-5,10,15H,2,6-7,14H2,1H3. The SMILES string of the molecule is CCCOCC(NN)c1cccc(F)c1F. The summed E-state index contributed by atoms with van der Waals surface area (Å²) in [7, 11) is 0. The maximum Gasteiger partial charge on any atom is 0.163 e. The summed E-state index contributed by atoms with van der Waals surface area (Å²) in [6.45, 7) is 2.74. The van der Waals surface area contributed by atoms with Crippen molar-refractivity contribution >= 4 is 0 Å². The second kappa shape index (κ2) is 6.52. The number of nitrogens with one attached hydrogen (secondary N) is 1. The number of nitrogens with two attached hydrogens (primary N) is 1. The van der Waals surface area contributed by atoms with Gasteiger partial charge >= 0.3 is 0 Å². The van der Waals surface area contributed by atoms with Gasteiger partial charge in [0.05, 0.1) is 12.6 Å². The molecule has 90 valence electrons. The maximum absolute atomic E-state index is 13.4. The zero-order chi connectivity index (χ0) is 12.0. The highest BCUT2D eigenvalue weighted by atomic mass is 19.2. The second-order valence-electron chi connectivity index (χ2n) is 3.44. The van der Waals surface area contributed by atoms with Gasteiger partial charge in [-0.3, -0.25) is 11.3 Å². The zero-order valence-electron chi connectivity index (χ0n) is 9.17. The average Bonchev–Trinajstić information content (AvgIpc) is 2.29. The van der Waals surface area contributed by atoms with Gasteiger partial charge in [0.15, 0.2) is 11.6 Å². The van der Waals surface area contributed by atoms with Gasteiger partial charge in [-0.15, -0.1) is 0 Å². The number of hydrazine groups is 1. The molecule has 0 aliphatic heterocycles. The van der Waals surface area contributed by atoms with Gasteiger partial charge in [-0.25, -0.2) is 8.78 Å². The van der Waals surface area contributed by atoms with E-state index in [1.807, 2.05) is 6.92 Å². The molecule has 0 saturated heterocycles. The summed E-state index contributed by atoms with van der Waals surface area (Å²) >= 11 is 0. The number of hydrogen-bond donors (Lipinski definition) is 2. The lowest BCUT2D eigenvalue weighted by molar-refractivity contribution is 0.111. The second-order valence-corrected chi connectivity index (χ2v) is 3.44. The van der Waals surface area contributed by atoms with Gasteiger partial charge < -0.3 is 4.74 Å². The Morgan fingerprint density at radius 1 is 1.44 bits per heavy atom. The molecule has 0 radical (unpaired) electrons. The Hall–Kier alpha value is -1.04. The predicted octanol–water partition coefficient (Wildman–Crippen LogP) is 1.90. The molecule has 3 nitrogen and oxygen atoms in total. The molecule has 1 aromatic carbocycles. The van der Waals surface area contributed by atoms with Gasteiger partial charge in [0.2, 0.25) is 0 Å².